The van der Waals surface area contributed by atoms with E-state index in [1.54, 1.807) is 35.0 Å². The van der Waals surface area contributed by atoms with E-state index in [1.807, 2.05) is 12.1 Å². The number of nitrogens with zero attached hydrogens (tertiary/aromatic N) is 3. The fourth-order valence-corrected chi connectivity index (χ4v) is 3.29. The maximum atomic E-state index is 12.8. The van der Waals surface area contributed by atoms with Crippen molar-refractivity contribution in [1.29, 1.82) is 0 Å². The van der Waals surface area contributed by atoms with Crippen LogP contribution in [0.4, 0.5) is 0 Å². The van der Waals surface area contributed by atoms with Crippen molar-refractivity contribution in [3.8, 4) is 5.75 Å². The third-order valence-electron chi connectivity index (χ3n) is 4.45. The zero-order valence-electron chi connectivity index (χ0n) is 13.8. The third kappa shape index (κ3) is 2.63. The fraction of sp³-hybridized carbons (Fsp3) is 0.158. The molecule has 3 aromatic rings. The van der Waals surface area contributed by atoms with Gasteiger partial charge in [-0.25, -0.2) is 5.43 Å². The largest absolute Gasteiger partial charge is 0.506 e. The highest BCUT2D eigenvalue weighted by atomic mass is 16.3. The minimum atomic E-state index is -0.749. The summed E-state index contributed by atoms with van der Waals surface area (Å²) in [5, 5.41) is 14.9. The number of carbonyl (C=O) groups is 1. The van der Waals surface area contributed by atoms with Crippen LogP contribution in [0, 0.1) is 0 Å². The predicted molar refractivity (Wildman–Crippen MR) is 97.5 cm³/mol. The van der Waals surface area contributed by atoms with Crippen LogP contribution in [-0.2, 0) is 13.0 Å². The fourth-order valence-electron chi connectivity index (χ4n) is 3.29. The van der Waals surface area contributed by atoms with Gasteiger partial charge in [0.15, 0.2) is 0 Å². The van der Waals surface area contributed by atoms with Crippen molar-refractivity contribution in [1.82, 2.24) is 15.0 Å². The molecule has 0 fully saturated rings. The minimum Gasteiger partial charge on any atom is -0.506 e. The van der Waals surface area contributed by atoms with Gasteiger partial charge in [0.05, 0.1) is 17.4 Å². The van der Waals surface area contributed by atoms with E-state index in [9.17, 15) is 14.7 Å². The van der Waals surface area contributed by atoms with E-state index < -0.39 is 11.5 Å². The average molecular weight is 348 g/mol. The lowest BCUT2D eigenvalue weighted by molar-refractivity contribution is 0.0950. The number of carbonyl (C=O) groups excluding carboxylic acids is 1. The van der Waals surface area contributed by atoms with Crippen LogP contribution in [0.2, 0.25) is 0 Å². The van der Waals surface area contributed by atoms with Crippen molar-refractivity contribution < 1.29 is 9.90 Å². The summed E-state index contributed by atoms with van der Waals surface area (Å²) in [4.78, 5) is 29.3. The van der Waals surface area contributed by atoms with Crippen LogP contribution in [-0.4, -0.2) is 26.8 Å². The van der Waals surface area contributed by atoms with Crippen LogP contribution < -0.4 is 11.0 Å². The van der Waals surface area contributed by atoms with Gasteiger partial charge in [0.1, 0.15) is 11.3 Å². The van der Waals surface area contributed by atoms with E-state index in [4.69, 9.17) is 0 Å². The van der Waals surface area contributed by atoms with Gasteiger partial charge < -0.3 is 9.67 Å². The molecular weight excluding hydrogens is 332 g/mol. The molecule has 130 valence electrons. The Morgan fingerprint density at radius 2 is 2.15 bits per heavy atom. The maximum absolute atomic E-state index is 12.8. The normalized spacial score (nSPS) is 13.2. The van der Waals surface area contributed by atoms with E-state index in [-0.39, 0.29) is 11.3 Å². The Morgan fingerprint density at radius 3 is 2.96 bits per heavy atom. The van der Waals surface area contributed by atoms with E-state index >= 15 is 0 Å². The molecule has 3 heterocycles. The number of amides is 1. The summed E-state index contributed by atoms with van der Waals surface area (Å²) in [7, 11) is 0. The zero-order chi connectivity index (χ0) is 18.1. The summed E-state index contributed by atoms with van der Waals surface area (Å²) in [5.41, 5.74) is 3.76. The second-order valence-electron chi connectivity index (χ2n) is 6.05. The molecule has 4 rings (SSSR count). The van der Waals surface area contributed by atoms with E-state index in [0.29, 0.717) is 23.1 Å². The number of aromatic hydroxyl groups is 1. The number of hydrogen-bond donors (Lipinski definition) is 2. The molecule has 0 unspecified atom stereocenters. The van der Waals surface area contributed by atoms with Gasteiger partial charge >= 0.3 is 0 Å². The van der Waals surface area contributed by atoms with Crippen LogP contribution in [0.3, 0.4) is 0 Å². The smallest absolute Gasteiger partial charge is 0.280 e. The standard InChI is InChI=1S/C19H16N4O3/c24-17-14-8-3-5-12-6-4-10-23(16(12)14)19(26)15(17)18(25)22-21-11-13-7-1-2-9-20-13/h1-3,5,7-9,11,24H,4,6,10H2,(H,22,25)/b21-11-. The van der Waals surface area contributed by atoms with Crippen molar-refractivity contribution in [3.63, 3.8) is 0 Å². The van der Waals surface area contributed by atoms with Crippen molar-refractivity contribution in [2.45, 2.75) is 19.4 Å². The number of aromatic nitrogens is 2. The Morgan fingerprint density at radius 1 is 1.27 bits per heavy atom. The molecule has 0 aliphatic carbocycles. The Kier molecular flexibility index (Phi) is 3.96. The topological polar surface area (TPSA) is 96.6 Å². The van der Waals surface area contributed by atoms with E-state index in [0.717, 1.165) is 18.4 Å². The van der Waals surface area contributed by atoms with Gasteiger partial charge in [0, 0.05) is 18.1 Å². The van der Waals surface area contributed by atoms with Gasteiger partial charge in [-0.15, -0.1) is 0 Å². The summed E-state index contributed by atoms with van der Waals surface area (Å²) >= 11 is 0. The Bertz CT molecular complexity index is 1090. The lowest BCUT2D eigenvalue weighted by atomic mass is 9.99. The molecule has 2 aromatic heterocycles. The molecule has 0 atom stereocenters. The second-order valence-corrected chi connectivity index (χ2v) is 6.05. The molecule has 1 aliphatic heterocycles. The van der Waals surface area contributed by atoms with Gasteiger partial charge in [-0.3, -0.25) is 14.6 Å². The van der Waals surface area contributed by atoms with Crippen LogP contribution in [0.25, 0.3) is 10.9 Å². The highest BCUT2D eigenvalue weighted by molar-refractivity contribution is 6.03. The highest BCUT2D eigenvalue weighted by Crippen LogP contribution is 2.31. The molecule has 0 bridgehead atoms. The van der Waals surface area contributed by atoms with Crippen LogP contribution in [0.5, 0.6) is 5.75 Å². The summed E-state index contributed by atoms with van der Waals surface area (Å²) in [6, 6.07) is 10.8. The van der Waals surface area contributed by atoms with Gasteiger partial charge in [0.25, 0.3) is 11.5 Å². The number of rotatable bonds is 3. The monoisotopic (exact) mass is 348 g/mol. The van der Waals surface area contributed by atoms with E-state index in [1.165, 1.54) is 6.21 Å². The van der Waals surface area contributed by atoms with Crippen LogP contribution in [0.15, 0.2) is 52.5 Å². The molecule has 0 saturated carbocycles. The number of pyridine rings is 2. The first-order valence-corrected chi connectivity index (χ1v) is 8.28. The van der Waals surface area contributed by atoms with Gasteiger partial charge in [-0.1, -0.05) is 18.2 Å². The lowest BCUT2D eigenvalue weighted by Crippen LogP contribution is -2.33. The zero-order valence-corrected chi connectivity index (χ0v) is 13.8. The molecule has 2 N–H and O–H groups in total. The Labute approximate surface area is 148 Å². The van der Waals surface area contributed by atoms with Gasteiger partial charge in [-0.2, -0.15) is 5.10 Å². The first-order valence-electron chi connectivity index (χ1n) is 8.28. The van der Waals surface area contributed by atoms with Gasteiger partial charge in [0.2, 0.25) is 0 Å². The summed E-state index contributed by atoms with van der Waals surface area (Å²) in [6.07, 6.45) is 4.63. The maximum Gasteiger partial charge on any atom is 0.280 e. The Hall–Kier alpha value is -3.48. The number of hydrazone groups is 1. The molecule has 1 aliphatic rings. The molecule has 0 spiro atoms. The second kappa shape index (κ2) is 6.44. The van der Waals surface area contributed by atoms with Crippen LogP contribution in [0.1, 0.15) is 28.0 Å². The van der Waals surface area contributed by atoms with Crippen molar-refractivity contribution in [2.75, 3.05) is 0 Å². The molecule has 7 heteroatoms. The predicted octanol–water partition coefficient (Wildman–Crippen LogP) is 1.81. The molecule has 7 nitrogen and oxygen atoms in total. The van der Waals surface area contributed by atoms with Crippen molar-refractivity contribution in [2.24, 2.45) is 5.10 Å². The summed E-state index contributed by atoms with van der Waals surface area (Å²) in [5.74, 6) is -1.06. The summed E-state index contributed by atoms with van der Waals surface area (Å²) in [6.45, 7) is 0.518. The van der Waals surface area contributed by atoms with Gasteiger partial charge in [-0.05, 0) is 36.6 Å². The molecular formula is C19H16N4O3. The molecule has 26 heavy (non-hydrogen) atoms. The summed E-state index contributed by atoms with van der Waals surface area (Å²) < 4.78 is 1.56. The average Bonchev–Trinajstić information content (AvgIpc) is 2.67. The first-order chi connectivity index (χ1) is 12.7. The number of benzene rings is 1. The molecule has 1 amide bonds. The number of hydrogen-bond acceptors (Lipinski definition) is 5. The highest BCUT2D eigenvalue weighted by Gasteiger charge is 2.24. The molecule has 0 saturated heterocycles. The Balaban J connectivity index is 1.74. The number of aryl methyl sites for hydroxylation is 2. The lowest BCUT2D eigenvalue weighted by Gasteiger charge is -2.21. The number of nitrogens with one attached hydrogen (secondary N) is 1. The molecule has 1 aromatic carbocycles. The minimum absolute atomic E-state index is 0.297. The van der Waals surface area contributed by atoms with Crippen molar-refractivity contribution in [3.05, 3.63) is 69.8 Å². The first kappa shape index (κ1) is 16.0. The number of para-hydroxylation sites is 1. The van der Waals surface area contributed by atoms with E-state index in [2.05, 4.69) is 15.5 Å². The SMILES string of the molecule is O=C(N/N=C\c1ccccn1)c1c(O)c2cccc3c2n(c1=O)CCC3. The quantitative estimate of drug-likeness (QED) is 0.557. The van der Waals surface area contributed by atoms with Crippen LogP contribution >= 0.6 is 0 Å². The van der Waals surface area contributed by atoms with Crippen molar-refractivity contribution >= 4 is 23.0 Å². The third-order valence-corrected chi connectivity index (χ3v) is 4.45. The molecule has 0 radical (unpaired) electrons.